The number of anilines is 2. The number of hydrogen-bond acceptors (Lipinski definition) is 3. The zero-order valence-corrected chi connectivity index (χ0v) is 15.8. The first-order valence-corrected chi connectivity index (χ1v) is 8.78. The maximum absolute atomic E-state index is 12.3. The summed E-state index contributed by atoms with van der Waals surface area (Å²) in [6.45, 7) is 12.2. The van der Waals surface area contributed by atoms with E-state index in [1.54, 1.807) is 4.57 Å². The minimum absolute atomic E-state index is 0.0937. The summed E-state index contributed by atoms with van der Waals surface area (Å²) in [6.07, 6.45) is 0.259. The lowest BCUT2D eigenvalue weighted by atomic mass is 10.1. The van der Waals surface area contributed by atoms with Gasteiger partial charge in [0, 0.05) is 48.8 Å². The Bertz CT molecular complexity index is 800. The van der Waals surface area contributed by atoms with Crippen molar-refractivity contribution >= 4 is 17.3 Å². The number of aryl methyl sites for hydroxylation is 2. The number of imidazole rings is 1. The molecule has 1 amide bonds. The van der Waals surface area contributed by atoms with Crippen molar-refractivity contribution in [1.82, 2.24) is 9.55 Å². The lowest BCUT2D eigenvalue weighted by molar-refractivity contribution is -0.116. The Kier molecular flexibility index (Phi) is 6.07. The van der Waals surface area contributed by atoms with Crippen LogP contribution in [0.1, 0.15) is 37.2 Å². The maximum Gasteiger partial charge on any atom is 0.325 e. The van der Waals surface area contributed by atoms with Crippen LogP contribution in [0.25, 0.3) is 0 Å². The second kappa shape index (κ2) is 8.05. The van der Waals surface area contributed by atoms with Gasteiger partial charge in [-0.25, -0.2) is 4.79 Å². The Balaban J connectivity index is 2.02. The van der Waals surface area contributed by atoms with E-state index in [0.717, 1.165) is 41.4 Å². The molecule has 0 saturated carbocycles. The Labute approximate surface area is 148 Å². The van der Waals surface area contributed by atoms with Crippen molar-refractivity contribution in [3.05, 3.63) is 45.6 Å². The van der Waals surface area contributed by atoms with Crippen molar-refractivity contribution in [2.75, 3.05) is 23.3 Å². The summed E-state index contributed by atoms with van der Waals surface area (Å²) >= 11 is 0. The van der Waals surface area contributed by atoms with E-state index in [2.05, 4.69) is 35.1 Å². The first-order valence-electron chi connectivity index (χ1n) is 8.78. The number of benzene rings is 1. The fourth-order valence-electron chi connectivity index (χ4n) is 2.94. The molecule has 0 unspecified atom stereocenters. The molecule has 0 saturated heterocycles. The van der Waals surface area contributed by atoms with Gasteiger partial charge >= 0.3 is 5.69 Å². The molecule has 25 heavy (non-hydrogen) atoms. The molecule has 1 aromatic carbocycles. The van der Waals surface area contributed by atoms with Crippen LogP contribution in [-0.4, -0.2) is 28.5 Å². The van der Waals surface area contributed by atoms with Gasteiger partial charge in [-0.3, -0.25) is 9.36 Å². The predicted molar refractivity (Wildman–Crippen MR) is 103 cm³/mol. The van der Waals surface area contributed by atoms with E-state index in [9.17, 15) is 9.59 Å². The van der Waals surface area contributed by atoms with Crippen LogP contribution in [0.5, 0.6) is 0 Å². The molecule has 1 heterocycles. The molecule has 0 aliphatic carbocycles. The monoisotopic (exact) mass is 344 g/mol. The van der Waals surface area contributed by atoms with Crippen molar-refractivity contribution < 1.29 is 4.79 Å². The van der Waals surface area contributed by atoms with Gasteiger partial charge in [0.05, 0.1) is 0 Å². The molecule has 0 radical (unpaired) electrons. The summed E-state index contributed by atoms with van der Waals surface area (Å²) in [7, 11) is 0. The third kappa shape index (κ3) is 4.32. The molecule has 2 rings (SSSR count). The van der Waals surface area contributed by atoms with Gasteiger partial charge in [0.2, 0.25) is 5.91 Å². The van der Waals surface area contributed by atoms with Crippen LogP contribution >= 0.6 is 0 Å². The highest BCUT2D eigenvalue weighted by Crippen LogP contribution is 2.22. The van der Waals surface area contributed by atoms with Crippen LogP contribution in [0.3, 0.4) is 0 Å². The maximum atomic E-state index is 12.3. The van der Waals surface area contributed by atoms with E-state index in [0.29, 0.717) is 6.54 Å². The van der Waals surface area contributed by atoms with Gasteiger partial charge in [0.25, 0.3) is 0 Å². The number of carbonyl (C=O) groups excluding carboxylic acids is 1. The van der Waals surface area contributed by atoms with Crippen LogP contribution in [0.2, 0.25) is 0 Å². The summed E-state index contributed by atoms with van der Waals surface area (Å²) in [5.41, 5.74) is 4.55. The molecular formula is C19H28N4O2. The number of rotatable bonds is 7. The molecule has 0 bridgehead atoms. The van der Waals surface area contributed by atoms with E-state index < -0.39 is 0 Å². The molecule has 6 nitrogen and oxygen atoms in total. The first-order chi connectivity index (χ1) is 11.9. The average molecular weight is 344 g/mol. The number of hydrogen-bond donors (Lipinski definition) is 2. The van der Waals surface area contributed by atoms with Crippen molar-refractivity contribution in [2.45, 2.75) is 47.6 Å². The first kappa shape index (κ1) is 18.8. The Morgan fingerprint density at radius 3 is 2.40 bits per heavy atom. The molecule has 0 atom stereocenters. The summed E-state index contributed by atoms with van der Waals surface area (Å²) in [5, 5.41) is 2.95. The van der Waals surface area contributed by atoms with Crippen LogP contribution in [0.4, 0.5) is 11.4 Å². The van der Waals surface area contributed by atoms with Gasteiger partial charge in [-0.1, -0.05) is 0 Å². The van der Waals surface area contributed by atoms with E-state index in [4.69, 9.17) is 0 Å². The number of nitrogens with one attached hydrogen (secondary N) is 2. The summed E-state index contributed by atoms with van der Waals surface area (Å²) in [4.78, 5) is 29.1. The van der Waals surface area contributed by atoms with Crippen LogP contribution in [-0.2, 0) is 11.3 Å². The second-order valence-corrected chi connectivity index (χ2v) is 6.26. The summed E-state index contributed by atoms with van der Waals surface area (Å²) in [6, 6.07) is 6.06. The summed E-state index contributed by atoms with van der Waals surface area (Å²) in [5.74, 6) is -0.0937. The SMILES string of the molecule is CCN(CC)c1ccc(NC(=O)CCn2c(C)c(C)[nH]c2=O)c(C)c1. The fraction of sp³-hybridized carbons (Fsp3) is 0.474. The topological polar surface area (TPSA) is 70.1 Å². The lowest BCUT2D eigenvalue weighted by Crippen LogP contribution is -2.23. The number of amides is 1. The lowest BCUT2D eigenvalue weighted by Gasteiger charge is -2.22. The highest BCUT2D eigenvalue weighted by molar-refractivity contribution is 5.91. The van der Waals surface area contributed by atoms with E-state index in [-0.39, 0.29) is 18.0 Å². The number of H-pyrrole nitrogens is 1. The minimum atomic E-state index is -0.164. The van der Waals surface area contributed by atoms with Crippen LogP contribution in [0.15, 0.2) is 23.0 Å². The van der Waals surface area contributed by atoms with Crippen molar-refractivity contribution in [1.29, 1.82) is 0 Å². The number of nitrogens with zero attached hydrogens (tertiary/aromatic N) is 2. The molecule has 0 aliphatic rings. The van der Waals surface area contributed by atoms with E-state index in [1.165, 1.54) is 0 Å². The zero-order valence-electron chi connectivity index (χ0n) is 15.8. The third-order valence-electron chi connectivity index (χ3n) is 4.66. The third-order valence-corrected chi connectivity index (χ3v) is 4.66. The molecule has 2 N–H and O–H groups in total. The highest BCUT2D eigenvalue weighted by atomic mass is 16.2. The molecule has 1 aromatic heterocycles. The highest BCUT2D eigenvalue weighted by Gasteiger charge is 2.11. The van der Waals surface area contributed by atoms with Crippen LogP contribution < -0.4 is 15.9 Å². The molecule has 2 aromatic rings. The fourth-order valence-corrected chi connectivity index (χ4v) is 2.94. The van der Waals surface area contributed by atoms with E-state index in [1.807, 2.05) is 32.9 Å². The van der Waals surface area contributed by atoms with Crippen LogP contribution in [0, 0.1) is 20.8 Å². The van der Waals surface area contributed by atoms with E-state index >= 15 is 0 Å². The average Bonchev–Trinajstić information content (AvgIpc) is 2.81. The van der Waals surface area contributed by atoms with Gasteiger partial charge in [0.15, 0.2) is 0 Å². The standard InChI is InChI=1S/C19H28N4O2/c1-6-22(7-2)16-8-9-17(13(3)12-16)21-18(24)10-11-23-15(5)14(4)20-19(23)25/h8-9,12H,6-7,10-11H2,1-5H3,(H,20,25)(H,21,24). The van der Waals surface area contributed by atoms with Gasteiger partial charge in [-0.15, -0.1) is 0 Å². The van der Waals surface area contributed by atoms with Crippen molar-refractivity contribution in [3.8, 4) is 0 Å². The molecule has 136 valence electrons. The Morgan fingerprint density at radius 1 is 1.20 bits per heavy atom. The normalized spacial score (nSPS) is 10.8. The molecule has 6 heteroatoms. The zero-order chi connectivity index (χ0) is 18.6. The van der Waals surface area contributed by atoms with Gasteiger partial charge < -0.3 is 15.2 Å². The Morgan fingerprint density at radius 2 is 1.88 bits per heavy atom. The molecule has 0 spiro atoms. The Hall–Kier alpha value is -2.50. The molecule has 0 fully saturated rings. The quantitative estimate of drug-likeness (QED) is 0.811. The van der Waals surface area contributed by atoms with Gasteiger partial charge in [0.1, 0.15) is 0 Å². The smallest absolute Gasteiger partial charge is 0.325 e. The van der Waals surface area contributed by atoms with Crippen molar-refractivity contribution in [3.63, 3.8) is 0 Å². The summed E-state index contributed by atoms with van der Waals surface area (Å²) < 4.78 is 1.60. The number of carbonyl (C=O) groups is 1. The largest absolute Gasteiger partial charge is 0.372 e. The second-order valence-electron chi connectivity index (χ2n) is 6.26. The van der Waals surface area contributed by atoms with Crippen molar-refractivity contribution in [2.24, 2.45) is 0 Å². The predicted octanol–water partition coefficient (Wildman–Crippen LogP) is 2.98. The minimum Gasteiger partial charge on any atom is -0.372 e. The number of aromatic nitrogens is 2. The molecular weight excluding hydrogens is 316 g/mol. The van der Waals surface area contributed by atoms with Gasteiger partial charge in [-0.05, 0) is 58.4 Å². The number of aromatic amines is 1. The molecule has 0 aliphatic heterocycles. The van der Waals surface area contributed by atoms with Gasteiger partial charge in [-0.2, -0.15) is 0 Å².